The summed E-state index contributed by atoms with van der Waals surface area (Å²) in [4.78, 5) is 6.96. The molecule has 3 rings (SSSR count). The van der Waals surface area contributed by atoms with Crippen molar-refractivity contribution in [1.82, 2.24) is 4.98 Å². The summed E-state index contributed by atoms with van der Waals surface area (Å²) in [5.74, 6) is 0.957. The van der Waals surface area contributed by atoms with Crippen molar-refractivity contribution in [2.45, 2.75) is 13.8 Å². The van der Waals surface area contributed by atoms with E-state index in [9.17, 15) is 0 Å². The summed E-state index contributed by atoms with van der Waals surface area (Å²) in [6.45, 7) is 5.10. The molecule has 0 aliphatic heterocycles. The summed E-state index contributed by atoms with van der Waals surface area (Å²) >= 11 is 0. The van der Waals surface area contributed by atoms with Crippen molar-refractivity contribution in [2.24, 2.45) is 0 Å². The Morgan fingerprint density at radius 3 is 2.48 bits per heavy atom. The van der Waals surface area contributed by atoms with Crippen LogP contribution in [0.15, 0.2) is 54.6 Å². The molecule has 0 fully saturated rings. The predicted molar refractivity (Wildman–Crippen MR) is 90.0 cm³/mol. The number of pyridine rings is 1. The standard InChI is InChI=1S/C18H19N3/c1-3-21(16-8-4-13(2)5-9-16)18-11-6-14-12-15(19)7-10-17(14)20-18/h4-12H,3,19H2,1-2H3. The molecule has 21 heavy (non-hydrogen) atoms. The maximum absolute atomic E-state index is 5.81. The highest BCUT2D eigenvalue weighted by Gasteiger charge is 2.09. The lowest BCUT2D eigenvalue weighted by atomic mass is 10.2. The maximum Gasteiger partial charge on any atom is 0.133 e. The fourth-order valence-electron chi connectivity index (χ4n) is 2.49. The number of rotatable bonds is 3. The zero-order chi connectivity index (χ0) is 14.8. The Morgan fingerprint density at radius 1 is 1.00 bits per heavy atom. The van der Waals surface area contributed by atoms with E-state index in [4.69, 9.17) is 10.7 Å². The zero-order valence-corrected chi connectivity index (χ0v) is 12.4. The van der Waals surface area contributed by atoms with E-state index in [-0.39, 0.29) is 0 Å². The van der Waals surface area contributed by atoms with Gasteiger partial charge in [-0.05, 0) is 56.3 Å². The Kier molecular flexibility index (Phi) is 3.48. The van der Waals surface area contributed by atoms with Crippen molar-refractivity contribution < 1.29 is 0 Å². The van der Waals surface area contributed by atoms with Gasteiger partial charge in [0.25, 0.3) is 0 Å². The number of fused-ring (bicyclic) bond motifs is 1. The van der Waals surface area contributed by atoms with Crippen molar-refractivity contribution in [3.8, 4) is 0 Å². The Bertz CT molecular complexity index is 763. The molecule has 0 amide bonds. The van der Waals surface area contributed by atoms with Gasteiger partial charge in [0.15, 0.2) is 0 Å². The van der Waals surface area contributed by atoms with Crippen LogP contribution in [0.1, 0.15) is 12.5 Å². The maximum atomic E-state index is 5.81. The van der Waals surface area contributed by atoms with Gasteiger partial charge in [-0.3, -0.25) is 0 Å². The molecule has 0 aliphatic rings. The second-order valence-corrected chi connectivity index (χ2v) is 5.20. The Morgan fingerprint density at radius 2 is 1.76 bits per heavy atom. The Hall–Kier alpha value is -2.55. The number of nitrogens with zero attached hydrogens (tertiary/aromatic N) is 2. The average Bonchev–Trinajstić information content (AvgIpc) is 2.50. The molecular weight excluding hydrogens is 258 g/mol. The van der Waals surface area contributed by atoms with Gasteiger partial charge in [-0.2, -0.15) is 0 Å². The number of hydrogen-bond acceptors (Lipinski definition) is 3. The monoisotopic (exact) mass is 277 g/mol. The van der Waals surface area contributed by atoms with Crippen LogP contribution in [0, 0.1) is 6.92 Å². The quantitative estimate of drug-likeness (QED) is 0.726. The van der Waals surface area contributed by atoms with Crippen LogP contribution >= 0.6 is 0 Å². The van der Waals surface area contributed by atoms with Gasteiger partial charge in [0.05, 0.1) is 5.52 Å². The molecule has 0 saturated heterocycles. The number of hydrogen-bond donors (Lipinski definition) is 1. The minimum atomic E-state index is 0.767. The summed E-state index contributed by atoms with van der Waals surface area (Å²) in [6, 6.07) is 18.4. The van der Waals surface area contributed by atoms with Crippen molar-refractivity contribution in [1.29, 1.82) is 0 Å². The molecule has 1 aromatic heterocycles. The molecule has 3 aromatic rings. The van der Waals surface area contributed by atoms with E-state index in [1.54, 1.807) is 0 Å². The van der Waals surface area contributed by atoms with Crippen LogP contribution in [0.3, 0.4) is 0 Å². The van der Waals surface area contributed by atoms with Crippen LogP contribution in [-0.4, -0.2) is 11.5 Å². The SMILES string of the molecule is CCN(c1ccc(C)cc1)c1ccc2cc(N)ccc2n1. The first-order valence-electron chi connectivity index (χ1n) is 7.18. The summed E-state index contributed by atoms with van der Waals surface area (Å²) in [5, 5.41) is 1.07. The van der Waals surface area contributed by atoms with E-state index >= 15 is 0 Å². The van der Waals surface area contributed by atoms with Gasteiger partial charge in [0.2, 0.25) is 0 Å². The van der Waals surface area contributed by atoms with Gasteiger partial charge >= 0.3 is 0 Å². The molecule has 2 N–H and O–H groups in total. The number of nitrogen functional groups attached to an aromatic ring is 1. The van der Waals surface area contributed by atoms with Crippen molar-refractivity contribution in [2.75, 3.05) is 17.2 Å². The van der Waals surface area contributed by atoms with Crippen LogP contribution < -0.4 is 10.6 Å². The smallest absolute Gasteiger partial charge is 0.133 e. The summed E-state index contributed by atoms with van der Waals surface area (Å²) in [5.41, 5.74) is 9.97. The lowest BCUT2D eigenvalue weighted by molar-refractivity contribution is 0.996. The molecule has 3 nitrogen and oxygen atoms in total. The average molecular weight is 277 g/mol. The van der Waals surface area contributed by atoms with Crippen molar-refractivity contribution in [3.63, 3.8) is 0 Å². The third-order valence-corrected chi connectivity index (χ3v) is 3.64. The molecule has 0 atom stereocenters. The molecule has 0 spiro atoms. The molecule has 0 radical (unpaired) electrons. The molecule has 0 bridgehead atoms. The van der Waals surface area contributed by atoms with Crippen LogP contribution in [0.25, 0.3) is 10.9 Å². The van der Waals surface area contributed by atoms with Gasteiger partial charge in [-0.25, -0.2) is 4.98 Å². The highest BCUT2D eigenvalue weighted by Crippen LogP contribution is 2.26. The van der Waals surface area contributed by atoms with Crippen molar-refractivity contribution in [3.05, 3.63) is 60.2 Å². The lowest BCUT2D eigenvalue weighted by Gasteiger charge is -2.22. The first-order chi connectivity index (χ1) is 10.2. The minimum absolute atomic E-state index is 0.767. The van der Waals surface area contributed by atoms with E-state index in [1.807, 2.05) is 24.3 Å². The third kappa shape index (κ3) is 2.68. The first kappa shape index (κ1) is 13.4. The van der Waals surface area contributed by atoms with Crippen LogP contribution in [0.5, 0.6) is 0 Å². The molecule has 0 saturated carbocycles. The molecule has 106 valence electrons. The highest BCUT2D eigenvalue weighted by atomic mass is 15.2. The second-order valence-electron chi connectivity index (χ2n) is 5.20. The van der Waals surface area contributed by atoms with E-state index in [0.717, 1.165) is 34.6 Å². The van der Waals surface area contributed by atoms with Gasteiger partial charge < -0.3 is 10.6 Å². The van der Waals surface area contributed by atoms with Gasteiger partial charge in [0.1, 0.15) is 5.82 Å². The largest absolute Gasteiger partial charge is 0.399 e. The highest BCUT2D eigenvalue weighted by molar-refractivity contribution is 5.84. The summed E-state index contributed by atoms with van der Waals surface area (Å²) in [6.07, 6.45) is 0. The zero-order valence-electron chi connectivity index (χ0n) is 12.4. The van der Waals surface area contributed by atoms with Crippen LogP contribution in [0.4, 0.5) is 17.2 Å². The number of benzene rings is 2. The minimum Gasteiger partial charge on any atom is -0.399 e. The molecule has 2 aromatic carbocycles. The number of nitrogens with two attached hydrogens (primary N) is 1. The van der Waals surface area contributed by atoms with Crippen LogP contribution in [0.2, 0.25) is 0 Å². The van der Waals surface area contributed by atoms with Crippen molar-refractivity contribution >= 4 is 28.1 Å². The molecule has 0 aliphatic carbocycles. The van der Waals surface area contributed by atoms with E-state index < -0.39 is 0 Å². The first-order valence-corrected chi connectivity index (χ1v) is 7.18. The molecule has 0 unspecified atom stereocenters. The summed E-state index contributed by atoms with van der Waals surface area (Å²) < 4.78 is 0. The van der Waals surface area contributed by atoms with E-state index in [1.165, 1.54) is 5.56 Å². The second kappa shape index (κ2) is 5.44. The number of aryl methyl sites for hydroxylation is 1. The third-order valence-electron chi connectivity index (χ3n) is 3.64. The van der Waals surface area contributed by atoms with Gasteiger partial charge in [-0.15, -0.1) is 0 Å². The Balaban J connectivity index is 2.04. The number of anilines is 3. The van der Waals surface area contributed by atoms with Crippen LogP contribution in [-0.2, 0) is 0 Å². The fraction of sp³-hybridized carbons (Fsp3) is 0.167. The Labute approximate surface area is 125 Å². The lowest BCUT2D eigenvalue weighted by Crippen LogP contribution is -2.17. The molecule has 3 heteroatoms. The fourth-order valence-corrected chi connectivity index (χ4v) is 2.49. The van der Waals surface area contributed by atoms with E-state index in [0.29, 0.717) is 0 Å². The van der Waals surface area contributed by atoms with Gasteiger partial charge in [0, 0.05) is 23.3 Å². The number of aromatic nitrogens is 1. The van der Waals surface area contributed by atoms with Gasteiger partial charge in [-0.1, -0.05) is 17.7 Å². The van der Waals surface area contributed by atoms with E-state index in [2.05, 4.69) is 49.1 Å². The predicted octanol–water partition coefficient (Wildman–Crippen LogP) is 4.28. The topological polar surface area (TPSA) is 42.1 Å². The molecular formula is C18H19N3. The summed E-state index contributed by atoms with van der Waals surface area (Å²) in [7, 11) is 0. The molecule has 1 heterocycles. The normalized spacial score (nSPS) is 10.8.